The van der Waals surface area contributed by atoms with Gasteiger partial charge in [-0.2, -0.15) is 0 Å². The van der Waals surface area contributed by atoms with Gasteiger partial charge in [-0.05, 0) is 43.0 Å². The van der Waals surface area contributed by atoms with Gasteiger partial charge in [-0.3, -0.25) is 0 Å². The van der Waals surface area contributed by atoms with Gasteiger partial charge in [-0.15, -0.1) is 0 Å². The average molecular weight is 319 g/mol. The summed E-state index contributed by atoms with van der Waals surface area (Å²) in [5.41, 5.74) is 0.944. The van der Waals surface area contributed by atoms with Crippen molar-refractivity contribution in [1.29, 1.82) is 0 Å². The van der Waals surface area contributed by atoms with Crippen LogP contribution in [0.1, 0.15) is 5.69 Å². The first-order chi connectivity index (χ1) is 10.1. The van der Waals surface area contributed by atoms with Crippen LogP contribution in [0.2, 0.25) is 5.02 Å². The molecule has 0 bridgehead atoms. The first-order valence-corrected chi connectivity index (χ1v) is 7.45. The topological polar surface area (TPSA) is 51.0 Å². The van der Waals surface area contributed by atoms with Crippen LogP contribution in [0, 0.1) is 17.0 Å². The van der Waals surface area contributed by atoms with Crippen molar-refractivity contribution >= 4 is 34.4 Å². The minimum atomic E-state index is 0.265. The van der Waals surface area contributed by atoms with Gasteiger partial charge in [0.15, 0.2) is 0 Å². The van der Waals surface area contributed by atoms with Crippen molar-refractivity contribution in [3.05, 3.63) is 69.4 Å². The van der Waals surface area contributed by atoms with E-state index in [0.717, 1.165) is 14.1 Å². The van der Waals surface area contributed by atoms with Gasteiger partial charge in [0.05, 0.1) is 10.1 Å². The van der Waals surface area contributed by atoms with Gasteiger partial charge in [-0.1, -0.05) is 29.8 Å². The van der Waals surface area contributed by atoms with E-state index in [4.69, 9.17) is 11.6 Å². The summed E-state index contributed by atoms with van der Waals surface area (Å²) in [6, 6.07) is 14.1. The lowest BCUT2D eigenvalue weighted by atomic mass is 10.3. The Balaban J connectivity index is 2.25. The summed E-state index contributed by atoms with van der Waals surface area (Å²) in [5, 5.41) is 13.1. The zero-order valence-electron chi connectivity index (χ0n) is 11.1. The minimum Gasteiger partial charge on any atom is -0.805 e. The molecule has 0 saturated heterocycles. The number of halogens is 1. The van der Waals surface area contributed by atoms with E-state index in [1.807, 2.05) is 30.3 Å². The standard InChI is InChI=1S/C15H11ClN2O2S/c1-10-15(21-12-5-3-2-4-6-12)18(20)14-9-11(16)7-8-13(14)17(10)19/h2-9H,1H3. The Labute approximate surface area is 130 Å². The van der Waals surface area contributed by atoms with Crippen LogP contribution in [-0.2, 0) is 0 Å². The molecule has 1 heterocycles. The van der Waals surface area contributed by atoms with Crippen LogP contribution >= 0.6 is 23.4 Å². The molecule has 0 spiro atoms. The van der Waals surface area contributed by atoms with Gasteiger partial charge in [0, 0.05) is 20.9 Å². The van der Waals surface area contributed by atoms with Crippen molar-refractivity contribution in [3.8, 4) is 0 Å². The third-order valence-electron chi connectivity index (χ3n) is 3.13. The molecule has 0 saturated carbocycles. The first kappa shape index (κ1) is 14.0. The lowest BCUT2D eigenvalue weighted by Crippen LogP contribution is -2.23. The Bertz CT molecular complexity index is 878. The quantitative estimate of drug-likeness (QED) is 0.671. The zero-order valence-corrected chi connectivity index (χ0v) is 12.7. The summed E-state index contributed by atoms with van der Waals surface area (Å²) in [5.74, 6) is 0. The highest BCUT2D eigenvalue weighted by Gasteiger charge is 2.21. The molecule has 0 aliphatic heterocycles. The number of hydrogen-bond donors (Lipinski definition) is 0. The molecule has 0 atom stereocenters. The number of fused-ring (bicyclic) bond motifs is 1. The van der Waals surface area contributed by atoms with E-state index >= 15 is 0 Å². The predicted octanol–water partition coefficient (Wildman–Crippen LogP) is 4.01. The van der Waals surface area contributed by atoms with E-state index in [0.29, 0.717) is 21.3 Å². The normalized spacial score (nSPS) is 11.0. The highest BCUT2D eigenvalue weighted by molar-refractivity contribution is 7.99. The summed E-state index contributed by atoms with van der Waals surface area (Å²) in [6.07, 6.45) is 0. The van der Waals surface area contributed by atoms with E-state index in [1.165, 1.54) is 17.8 Å². The predicted molar refractivity (Wildman–Crippen MR) is 84.4 cm³/mol. The molecule has 0 aliphatic rings. The van der Waals surface area contributed by atoms with E-state index in [9.17, 15) is 10.1 Å². The van der Waals surface area contributed by atoms with Gasteiger partial charge in [0.1, 0.15) is 5.52 Å². The van der Waals surface area contributed by atoms with Gasteiger partial charge in [-0.25, -0.2) is 0 Å². The Kier molecular flexibility index (Phi) is 3.61. The van der Waals surface area contributed by atoms with Crippen molar-refractivity contribution in [3.63, 3.8) is 0 Å². The molecule has 3 rings (SSSR count). The molecule has 0 aliphatic carbocycles. The van der Waals surface area contributed by atoms with Crippen LogP contribution < -0.4 is 4.43 Å². The largest absolute Gasteiger partial charge is 0.805 e. The van der Waals surface area contributed by atoms with Crippen molar-refractivity contribution in [2.45, 2.75) is 16.8 Å². The van der Waals surface area contributed by atoms with Crippen molar-refractivity contribution < 1.29 is 4.43 Å². The minimum absolute atomic E-state index is 0.265. The summed E-state index contributed by atoms with van der Waals surface area (Å²) in [6.45, 7) is 1.64. The molecule has 21 heavy (non-hydrogen) atoms. The van der Waals surface area contributed by atoms with Crippen LogP contribution in [0.4, 0.5) is 0 Å². The Morgan fingerprint density at radius 3 is 2.62 bits per heavy atom. The molecule has 0 radical (unpaired) electrons. The lowest BCUT2D eigenvalue weighted by molar-refractivity contribution is -0.510. The summed E-state index contributed by atoms with van der Waals surface area (Å²) in [7, 11) is 0. The summed E-state index contributed by atoms with van der Waals surface area (Å²) in [4.78, 5) is 13.4. The Morgan fingerprint density at radius 2 is 1.90 bits per heavy atom. The molecule has 1 aromatic heterocycles. The van der Waals surface area contributed by atoms with Crippen molar-refractivity contribution in [1.82, 2.24) is 4.73 Å². The number of hydrogen-bond acceptors (Lipinski definition) is 3. The second-order valence-corrected chi connectivity index (χ2v) is 6.03. The molecular formula is C15H11ClN2O2S. The summed E-state index contributed by atoms with van der Waals surface area (Å²) >= 11 is 7.19. The van der Waals surface area contributed by atoms with Crippen LogP contribution in [0.25, 0.3) is 11.0 Å². The third kappa shape index (κ3) is 2.50. The monoisotopic (exact) mass is 318 g/mol. The molecule has 6 heteroatoms. The second-order valence-electron chi connectivity index (χ2n) is 4.53. The van der Waals surface area contributed by atoms with E-state index in [2.05, 4.69) is 0 Å². The van der Waals surface area contributed by atoms with E-state index in [1.54, 1.807) is 19.1 Å². The maximum atomic E-state index is 12.5. The van der Waals surface area contributed by atoms with Crippen LogP contribution in [-0.4, -0.2) is 4.73 Å². The molecule has 3 aromatic rings. The SMILES string of the molecule is Cc1c(Sc2ccccc2)[n+](=O)c2cc(Cl)ccc2n1[O-]. The fourth-order valence-electron chi connectivity index (χ4n) is 2.07. The molecule has 2 aromatic carbocycles. The van der Waals surface area contributed by atoms with Crippen LogP contribution in [0.15, 0.2) is 58.5 Å². The fourth-order valence-corrected chi connectivity index (χ4v) is 3.17. The molecule has 0 N–H and O–H groups in total. The number of rotatable bonds is 2. The molecule has 0 fully saturated rings. The molecule has 0 unspecified atom stereocenters. The molecule has 106 valence electrons. The van der Waals surface area contributed by atoms with E-state index < -0.39 is 0 Å². The van der Waals surface area contributed by atoms with Gasteiger partial charge in [0.2, 0.25) is 0 Å². The van der Waals surface area contributed by atoms with Crippen LogP contribution in [0.3, 0.4) is 0 Å². The Hall–Kier alpha value is -1.98. The average Bonchev–Trinajstić information content (AvgIpc) is 2.50. The molecular weight excluding hydrogens is 308 g/mol. The fraction of sp³-hybridized carbons (Fsp3) is 0.0667. The van der Waals surface area contributed by atoms with Gasteiger partial charge < -0.3 is 9.94 Å². The highest BCUT2D eigenvalue weighted by Crippen LogP contribution is 2.29. The maximum absolute atomic E-state index is 12.5. The number of nitrogens with zero attached hydrogens (tertiary/aromatic N) is 2. The molecule has 4 nitrogen and oxygen atoms in total. The lowest BCUT2D eigenvalue weighted by Gasteiger charge is -2.16. The Morgan fingerprint density at radius 1 is 1.19 bits per heavy atom. The zero-order chi connectivity index (χ0) is 15.0. The van der Waals surface area contributed by atoms with Gasteiger partial charge in [0.25, 0.3) is 5.52 Å². The second kappa shape index (κ2) is 5.42. The van der Waals surface area contributed by atoms with Crippen molar-refractivity contribution in [2.75, 3.05) is 0 Å². The van der Waals surface area contributed by atoms with E-state index in [-0.39, 0.29) is 5.52 Å². The van der Waals surface area contributed by atoms with Crippen molar-refractivity contribution in [2.24, 2.45) is 0 Å². The summed E-state index contributed by atoms with van der Waals surface area (Å²) < 4.78 is 1.54. The third-order valence-corrected chi connectivity index (χ3v) is 4.53. The number of aromatic nitrogens is 2. The maximum Gasteiger partial charge on any atom is 0.320 e. The van der Waals surface area contributed by atoms with Gasteiger partial charge >= 0.3 is 5.03 Å². The molecule has 0 amide bonds. The smallest absolute Gasteiger partial charge is 0.320 e. The number of benzene rings is 2. The highest BCUT2D eigenvalue weighted by atomic mass is 35.5. The first-order valence-electron chi connectivity index (χ1n) is 6.26. The van der Waals surface area contributed by atoms with Crippen LogP contribution in [0.5, 0.6) is 0 Å².